The van der Waals surface area contributed by atoms with Gasteiger partial charge in [0, 0.05) is 24.8 Å². The fraction of sp³-hybridized carbons (Fsp3) is 0.917. The molecule has 1 aliphatic carbocycles. The van der Waals surface area contributed by atoms with Gasteiger partial charge in [-0.15, -0.1) is 0 Å². The lowest BCUT2D eigenvalue weighted by molar-refractivity contribution is -0.200. The Kier molecular flexibility index (Phi) is 5.95. The summed E-state index contributed by atoms with van der Waals surface area (Å²) in [5, 5.41) is 0.748. The van der Waals surface area contributed by atoms with Crippen LogP contribution in [0.5, 0.6) is 0 Å². The fourth-order valence-electron chi connectivity index (χ4n) is 2.51. The van der Waals surface area contributed by atoms with Crippen molar-refractivity contribution in [1.82, 2.24) is 4.90 Å². The summed E-state index contributed by atoms with van der Waals surface area (Å²) in [7, 11) is 1.59. The van der Waals surface area contributed by atoms with Crippen LogP contribution in [0.25, 0.3) is 0 Å². The molecule has 0 N–H and O–H groups in total. The Morgan fingerprint density at radius 3 is 2.50 bits per heavy atom. The van der Waals surface area contributed by atoms with Gasteiger partial charge in [0.25, 0.3) is 0 Å². The van der Waals surface area contributed by atoms with Gasteiger partial charge >= 0.3 is 6.18 Å². The lowest BCUT2D eigenvalue weighted by atomic mass is 9.78. The standard InChI is InChI=1S/C12H19BrF3NO/c1-17(8-4-7-13)11(18)9-5-2-3-6-10(9)12(14,15)16/h9-10H,2-8H2,1H3. The van der Waals surface area contributed by atoms with E-state index in [1.165, 1.54) is 4.90 Å². The predicted octanol–water partition coefficient (Wildman–Crippen LogP) is 3.60. The monoisotopic (exact) mass is 329 g/mol. The van der Waals surface area contributed by atoms with Crippen LogP contribution in [0.4, 0.5) is 13.2 Å². The number of nitrogens with zero attached hydrogens (tertiary/aromatic N) is 1. The van der Waals surface area contributed by atoms with E-state index in [1.54, 1.807) is 7.05 Å². The van der Waals surface area contributed by atoms with Gasteiger partial charge in [0.05, 0.1) is 5.92 Å². The number of carbonyl (C=O) groups is 1. The summed E-state index contributed by atoms with van der Waals surface area (Å²) in [6.45, 7) is 0.505. The molecule has 2 unspecified atom stereocenters. The molecule has 2 nitrogen and oxygen atoms in total. The first-order chi connectivity index (χ1) is 8.38. The van der Waals surface area contributed by atoms with Gasteiger partial charge in [-0.05, 0) is 19.3 Å². The predicted molar refractivity (Wildman–Crippen MR) is 67.6 cm³/mol. The Morgan fingerprint density at radius 1 is 1.33 bits per heavy atom. The van der Waals surface area contributed by atoms with Gasteiger partial charge in [0.15, 0.2) is 0 Å². The van der Waals surface area contributed by atoms with Crippen LogP contribution >= 0.6 is 15.9 Å². The van der Waals surface area contributed by atoms with E-state index >= 15 is 0 Å². The van der Waals surface area contributed by atoms with Gasteiger partial charge in [0.2, 0.25) is 5.91 Å². The minimum Gasteiger partial charge on any atom is -0.345 e. The maximum atomic E-state index is 12.9. The minimum atomic E-state index is -4.25. The molecule has 0 radical (unpaired) electrons. The maximum absolute atomic E-state index is 12.9. The molecular formula is C12H19BrF3NO. The molecule has 6 heteroatoms. The summed E-state index contributed by atoms with van der Waals surface area (Å²) in [4.78, 5) is 13.5. The van der Waals surface area contributed by atoms with Crippen molar-refractivity contribution in [2.45, 2.75) is 38.3 Å². The number of amides is 1. The first kappa shape index (κ1) is 15.8. The zero-order valence-electron chi connectivity index (χ0n) is 10.5. The quantitative estimate of drug-likeness (QED) is 0.722. The zero-order chi connectivity index (χ0) is 13.8. The van der Waals surface area contributed by atoms with E-state index in [-0.39, 0.29) is 12.3 Å². The van der Waals surface area contributed by atoms with Gasteiger partial charge in [-0.3, -0.25) is 4.79 Å². The molecule has 2 atom stereocenters. The van der Waals surface area contributed by atoms with Crippen molar-refractivity contribution in [3.63, 3.8) is 0 Å². The highest BCUT2D eigenvalue weighted by Gasteiger charge is 2.48. The number of hydrogen-bond donors (Lipinski definition) is 0. The fourth-order valence-corrected chi connectivity index (χ4v) is 2.76. The van der Waals surface area contributed by atoms with Crippen LogP contribution < -0.4 is 0 Å². The van der Waals surface area contributed by atoms with Gasteiger partial charge < -0.3 is 4.90 Å². The Hall–Kier alpha value is -0.260. The number of rotatable bonds is 4. The number of alkyl halides is 4. The van der Waals surface area contributed by atoms with Gasteiger partial charge in [0.1, 0.15) is 0 Å². The van der Waals surface area contributed by atoms with Crippen molar-refractivity contribution in [1.29, 1.82) is 0 Å². The average molecular weight is 330 g/mol. The second kappa shape index (κ2) is 6.78. The van der Waals surface area contributed by atoms with Crippen LogP contribution in [-0.4, -0.2) is 35.9 Å². The van der Waals surface area contributed by atoms with Gasteiger partial charge in [-0.25, -0.2) is 0 Å². The van der Waals surface area contributed by atoms with E-state index in [2.05, 4.69) is 15.9 Å². The van der Waals surface area contributed by atoms with E-state index in [0.717, 1.165) is 18.2 Å². The lowest BCUT2D eigenvalue weighted by Crippen LogP contribution is -2.43. The molecule has 0 saturated heterocycles. The summed E-state index contributed by atoms with van der Waals surface area (Å²) in [6, 6.07) is 0. The SMILES string of the molecule is CN(CCCBr)C(=O)C1CCCCC1C(F)(F)F. The third-order valence-corrected chi connectivity index (χ3v) is 4.07. The van der Waals surface area contributed by atoms with Crippen molar-refractivity contribution in [2.75, 3.05) is 18.9 Å². The summed E-state index contributed by atoms with van der Waals surface area (Å²) in [5.74, 6) is -2.68. The normalized spacial score (nSPS) is 24.9. The Balaban J connectivity index is 2.68. The van der Waals surface area contributed by atoms with Crippen LogP contribution in [0.2, 0.25) is 0 Å². The molecule has 0 aromatic carbocycles. The third kappa shape index (κ3) is 4.14. The first-order valence-electron chi connectivity index (χ1n) is 6.25. The van der Waals surface area contributed by atoms with Crippen molar-refractivity contribution in [3.05, 3.63) is 0 Å². The molecule has 0 heterocycles. The summed E-state index contributed by atoms with van der Waals surface area (Å²) in [6.07, 6.45) is -1.76. The van der Waals surface area contributed by atoms with Crippen LogP contribution in [0.1, 0.15) is 32.1 Å². The molecule has 106 valence electrons. The van der Waals surface area contributed by atoms with Crippen molar-refractivity contribution in [3.8, 4) is 0 Å². The molecule has 0 aliphatic heterocycles. The zero-order valence-corrected chi connectivity index (χ0v) is 12.1. The Morgan fingerprint density at radius 2 is 1.94 bits per heavy atom. The van der Waals surface area contributed by atoms with Crippen molar-refractivity contribution >= 4 is 21.8 Å². The molecule has 1 fully saturated rings. The molecule has 1 amide bonds. The molecule has 1 saturated carbocycles. The van der Waals surface area contributed by atoms with Crippen molar-refractivity contribution < 1.29 is 18.0 Å². The van der Waals surface area contributed by atoms with E-state index in [0.29, 0.717) is 19.4 Å². The Labute approximate surface area is 114 Å². The van der Waals surface area contributed by atoms with Crippen molar-refractivity contribution in [2.24, 2.45) is 11.8 Å². The molecule has 0 spiro atoms. The lowest BCUT2D eigenvalue weighted by Gasteiger charge is -2.34. The molecule has 1 rings (SSSR count). The van der Waals surface area contributed by atoms with E-state index in [9.17, 15) is 18.0 Å². The highest BCUT2D eigenvalue weighted by molar-refractivity contribution is 9.09. The average Bonchev–Trinajstić information content (AvgIpc) is 2.34. The van der Waals surface area contributed by atoms with Crippen LogP contribution in [0.3, 0.4) is 0 Å². The number of halogens is 4. The first-order valence-corrected chi connectivity index (χ1v) is 7.37. The number of carbonyl (C=O) groups excluding carboxylic acids is 1. The summed E-state index contributed by atoms with van der Waals surface area (Å²) >= 11 is 3.25. The smallest absolute Gasteiger partial charge is 0.345 e. The minimum absolute atomic E-state index is 0.0895. The van der Waals surface area contributed by atoms with Crippen LogP contribution in [0.15, 0.2) is 0 Å². The van der Waals surface area contributed by atoms with E-state index in [4.69, 9.17) is 0 Å². The van der Waals surface area contributed by atoms with Gasteiger partial charge in [-0.2, -0.15) is 13.2 Å². The second-order valence-corrected chi connectivity index (χ2v) is 5.63. The summed E-state index contributed by atoms with van der Waals surface area (Å²) < 4.78 is 38.7. The topological polar surface area (TPSA) is 20.3 Å². The van der Waals surface area contributed by atoms with Crippen LogP contribution in [-0.2, 0) is 4.79 Å². The largest absolute Gasteiger partial charge is 0.392 e. The molecule has 0 aromatic rings. The van der Waals surface area contributed by atoms with Crippen LogP contribution in [0, 0.1) is 11.8 Å². The van der Waals surface area contributed by atoms with E-state index < -0.39 is 18.0 Å². The molecule has 0 aromatic heterocycles. The van der Waals surface area contributed by atoms with Gasteiger partial charge in [-0.1, -0.05) is 28.8 Å². The molecule has 18 heavy (non-hydrogen) atoms. The Bertz CT molecular complexity index is 283. The highest BCUT2D eigenvalue weighted by Crippen LogP contribution is 2.42. The summed E-state index contributed by atoms with van der Waals surface area (Å²) in [5.41, 5.74) is 0. The number of hydrogen-bond acceptors (Lipinski definition) is 1. The highest BCUT2D eigenvalue weighted by atomic mass is 79.9. The second-order valence-electron chi connectivity index (χ2n) is 4.84. The molecule has 0 bridgehead atoms. The van der Waals surface area contributed by atoms with E-state index in [1.807, 2.05) is 0 Å². The third-order valence-electron chi connectivity index (χ3n) is 3.51. The molecular weight excluding hydrogens is 311 g/mol. The molecule has 1 aliphatic rings. The maximum Gasteiger partial charge on any atom is 0.392 e.